The third-order valence-corrected chi connectivity index (χ3v) is 3.34. The molecule has 1 aromatic carbocycles. The summed E-state index contributed by atoms with van der Waals surface area (Å²) in [7, 11) is 0. The molecule has 2 aromatic rings. The molecule has 0 unspecified atom stereocenters. The lowest BCUT2D eigenvalue weighted by Gasteiger charge is -1.93. The van der Waals surface area contributed by atoms with Gasteiger partial charge in [-0.3, -0.25) is 0 Å². The Morgan fingerprint density at radius 2 is 2.23 bits per heavy atom. The van der Waals surface area contributed by atoms with Gasteiger partial charge in [0.1, 0.15) is 11.9 Å². The van der Waals surface area contributed by atoms with Gasteiger partial charge in [0.15, 0.2) is 0 Å². The van der Waals surface area contributed by atoms with Gasteiger partial charge in [0.25, 0.3) is 0 Å². The standard InChI is InChI=1S/C9H3BrFNS/c10-9-3-5-6(4-12)7(11)1-2-8(5)13-9/h1-3H. The molecule has 0 aliphatic heterocycles. The fraction of sp³-hybridized carbons (Fsp3) is 0. The Morgan fingerprint density at radius 3 is 2.92 bits per heavy atom. The average molecular weight is 256 g/mol. The van der Waals surface area contributed by atoms with Crippen LogP contribution in [-0.2, 0) is 0 Å². The maximum atomic E-state index is 13.1. The highest BCUT2D eigenvalue weighted by molar-refractivity contribution is 9.11. The minimum absolute atomic E-state index is 0.124. The van der Waals surface area contributed by atoms with Crippen molar-refractivity contribution < 1.29 is 4.39 Å². The molecule has 0 saturated heterocycles. The molecule has 0 atom stereocenters. The lowest BCUT2D eigenvalue weighted by atomic mass is 10.1. The zero-order chi connectivity index (χ0) is 9.42. The van der Waals surface area contributed by atoms with Crippen LogP contribution in [0.3, 0.4) is 0 Å². The Bertz CT molecular complexity index is 512. The first-order valence-electron chi connectivity index (χ1n) is 3.50. The van der Waals surface area contributed by atoms with Crippen LogP contribution in [0.2, 0.25) is 0 Å². The van der Waals surface area contributed by atoms with Crippen LogP contribution in [-0.4, -0.2) is 0 Å². The molecule has 0 saturated carbocycles. The number of thiophene rings is 1. The van der Waals surface area contributed by atoms with Crippen LogP contribution < -0.4 is 0 Å². The number of halogens is 2. The molecule has 0 aliphatic carbocycles. The van der Waals surface area contributed by atoms with Gasteiger partial charge in [-0.05, 0) is 34.1 Å². The lowest BCUT2D eigenvalue weighted by Crippen LogP contribution is -1.81. The molecule has 4 heteroatoms. The van der Waals surface area contributed by atoms with Crippen molar-refractivity contribution in [3.05, 3.63) is 33.4 Å². The Labute approximate surface area is 86.5 Å². The second-order valence-corrected chi connectivity index (χ2v) is 4.96. The average Bonchev–Trinajstić information content (AvgIpc) is 2.45. The summed E-state index contributed by atoms with van der Waals surface area (Å²) in [5.41, 5.74) is 0.124. The number of fused-ring (bicyclic) bond motifs is 1. The van der Waals surface area contributed by atoms with Gasteiger partial charge < -0.3 is 0 Å². The molecular formula is C9H3BrFNS. The van der Waals surface area contributed by atoms with Crippen molar-refractivity contribution >= 4 is 37.4 Å². The van der Waals surface area contributed by atoms with Gasteiger partial charge in [-0.2, -0.15) is 5.26 Å². The van der Waals surface area contributed by atoms with Gasteiger partial charge >= 0.3 is 0 Å². The quantitative estimate of drug-likeness (QED) is 0.705. The van der Waals surface area contributed by atoms with Crippen LogP contribution in [0, 0.1) is 17.1 Å². The number of hydrogen-bond acceptors (Lipinski definition) is 2. The van der Waals surface area contributed by atoms with Crippen LogP contribution in [0.5, 0.6) is 0 Å². The summed E-state index contributed by atoms with van der Waals surface area (Å²) in [4.78, 5) is 0. The van der Waals surface area contributed by atoms with E-state index in [1.165, 1.54) is 17.4 Å². The highest BCUT2D eigenvalue weighted by Crippen LogP contribution is 2.32. The highest BCUT2D eigenvalue weighted by atomic mass is 79.9. The molecule has 0 spiro atoms. The number of benzene rings is 1. The number of nitriles is 1. The van der Waals surface area contributed by atoms with Gasteiger partial charge in [0.2, 0.25) is 0 Å². The predicted molar refractivity (Wildman–Crippen MR) is 54.2 cm³/mol. The van der Waals surface area contributed by atoms with E-state index in [9.17, 15) is 4.39 Å². The minimum atomic E-state index is -0.458. The molecule has 0 amide bonds. The van der Waals surface area contributed by atoms with Crippen molar-refractivity contribution in [1.29, 1.82) is 5.26 Å². The number of nitrogens with zero attached hydrogens (tertiary/aromatic N) is 1. The zero-order valence-electron chi connectivity index (χ0n) is 6.34. The SMILES string of the molecule is N#Cc1c(F)ccc2sc(Br)cc12. The lowest BCUT2D eigenvalue weighted by molar-refractivity contribution is 0.626. The molecule has 0 fully saturated rings. The Balaban J connectivity index is 2.93. The van der Waals surface area contributed by atoms with E-state index in [1.54, 1.807) is 12.1 Å². The van der Waals surface area contributed by atoms with E-state index in [0.29, 0.717) is 5.39 Å². The predicted octanol–water partition coefficient (Wildman–Crippen LogP) is 3.67. The highest BCUT2D eigenvalue weighted by Gasteiger charge is 2.09. The van der Waals surface area contributed by atoms with Crippen molar-refractivity contribution in [1.82, 2.24) is 0 Å². The Hall–Kier alpha value is -0.920. The molecule has 2 rings (SSSR count). The van der Waals surface area contributed by atoms with E-state index in [1.807, 2.05) is 6.07 Å². The van der Waals surface area contributed by atoms with Crippen molar-refractivity contribution in [2.24, 2.45) is 0 Å². The summed E-state index contributed by atoms with van der Waals surface area (Å²) in [6.07, 6.45) is 0. The Kier molecular flexibility index (Phi) is 2.06. The van der Waals surface area contributed by atoms with Crippen molar-refractivity contribution in [3.63, 3.8) is 0 Å². The van der Waals surface area contributed by atoms with E-state index in [-0.39, 0.29) is 5.56 Å². The first kappa shape index (κ1) is 8.67. The maximum Gasteiger partial charge on any atom is 0.141 e. The number of hydrogen-bond donors (Lipinski definition) is 0. The summed E-state index contributed by atoms with van der Waals surface area (Å²) in [5, 5.41) is 9.41. The van der Waals surface area contributed by atoms with Gasteiger partial charge in [0, 0.05) is 10.1 Å². The molecule has 1 aromatic heterocycles. The maximum absolute atomic E-state index is 13.1. The molecule has 64 valence electrons. The first-order valence-corrected chi connectivity index (χ1v) is 5.11. The molecule has 0 bridgehead atoms. The molecule has 0 aliphatic rings. The van der Waals surface area contributed by atoms with Crippen LogP contribution in [0.15, 0.2) is 22.0 Å². The minimum Gasteiger partial charge on any atom is -0.206 e. The van der Waals surface area contributed by atoms with Gasteiger partial charge in [-0.15, -0.1) is 11.3 Å². The third-order valence-electron chi connectivity index (χ3n) is 1.73. The number of rotatable bonds is 0. The van der Waals surface area contributed by atoms with Gasteiger partial charge in [-0.25, -0.2) is 4.39 Å². The van der Waals surface area contributed by atoms with Gasteiger partial charge in [-0.1, -0.05) is 0 Å². The summed E-state index contributed by atoms with van der Waals surface area (Å²) in [5.74, 6) is -0.458. The van der Waals surface area contributed by atoms with Gasteiger partial charge in [0.05, 0.1) is 9.35 Å². The molecular weight excluding hydrogens is 253 g/mol. The topological polar surface area (TPSA) is 23.8 Å². The van der Waals surface area contributed by atoms with Crippen LogP contribution >= 0.6 is 27.3 Å². The molecule has 0 radical (unpaired) electrons. The summed E-state index contributed by atoms with van der Waals surface area (Å²) in [6.45, 7) is 0. The summed E-state index contributed by atoms with van der Waals surface area (Å²) >= 11 is 4.79. The zero-order valence-corrected chi connectivity index (χ0v) is 8.75. The normalized spacial score (nSPS) is 10.2. The second kappa shape index (κ2) is 3.09. The first-order chi connectivity index (χ1) is 6.22. The third kappa shape index (κ3) is 1.34. The molecule has 13 heavy (non-hydrogen) atoms. The van der Waals surface area contributed by atoms with E-state index in [4.69, 9.17) is 5.26 Å². The van der Waals surface area contributed by atoms with Crippen LogP contribution in [0.4, 0.5) is 4.39 Å². The Morgan fingerprint density at radius 1 is 1.46 bits per heavy atom. The van der Waals surface area contributed by atoms with Crippen LogP contribution in [0.25, 0.3) is 10.1 Å². The fourth-order valence-electron chi connectivity index (χ4n) is 1.17. The van der Waals surface area contributed by atoms with Crippen molar-refractivity contribution in [2.45, 2.75) is 0 Å². The van der Waals surface area contributed by atoms with E-state index in [2.05, 4.69) is 15.9 Å². The largest absolute Gasteiger partial charge is 0.206 e. The van der Waals surface area contributed by atoms with Crippen molar-refractivity contribution in [2.75, 3.05) is 0 Å². The summed E-state index contributed by atoms with van der Waals surface area (Å²) in [6, 6.07) is 6.63. The molecule has 0 N–H and O–H groups in total. The summed E-state index contributed by atoms with van der Waals surface area (Å²) < 4.78 is 14.9. The molecule has 1 nitrogen and oxygen atoms in total. The van der Waals surface area contributed by atoms with E-state index < -0.39 is 5.82 Å². The second-order valence-electron chi connectivity index (χ2n) is 2.50. The monoisotopic (exact) mass is 255 g/mol. The van der Waals surface area contributed by atoms with E-state index >= 15 is 0 Å². The smallest absolute Gasteiger partial charge is 0.141 e. The van der Waals surface area contributed by atoms with Crippen molar-refractivity contribution in [3.8, 4) is 6.07 Å². The molecule has 1 heterocycles. The van der Waals surface area contributed by atoms with E-state index in [0.717, 1.165) is 8.49 Å². The van der Waals surface area contributed by atoms with Crippen LogP contribution in [0.1, 0.15) is 5.56 Å². The fourth-order valence-corrected chi connectivity index (χ4v) is 2.71.